The zero-order valence-corrected chi connectivity index (χ0v) is 69.9. The number of ether oxygens (including phenoxy) is 2. The van der Waals surface area contributed by atoms with E-state index < -0.39 is 194 Å². The fourth-order valence-corrected chi connectivity index (χ4v) is 14.9. The minimum atomic E-state index is -1.78. The number of nitrogens with zero attached hydrogens (tertiary/aromatic N) is 3. The van der Waals surface area contributed by atoms with Crippen molar-refractivity contribution in [2.75, 3.05) is 59.2 Å². The van der Waals surface area contributed by atoms with Crippen molar-refractivity contribution in [3.63, 3.8) is 0 Å². The molecule has 0 unspecified atom stereocenters. The highest BCUT2D eigenvalue weighted by molar-refractivity contribution is 6.01. The number of aliphatic hydroxyl groups is 1. The molecule has 674 valence electrons. The van der Waals surface area contributed by atoms with Crippen LogP contribution in [0.15, 0.2) is 65.8 Å². The largest absolute Gasteiger partial charge is 0.481 e. The molecule has 3 aromatic rings. The van der Waals surface area contributed by atoms with Gasteiger partial charge < -0.3 is 116 Å². The first-order valence-electron chi connectivity index (χ1n) is 42.6. The zero-order valence-electron chi connectivity index (χ0n) is 69.9. The number of carbonyl (C=O) groups is 16. The molecule has 3 fully saturated rings. The van der Waals surface area contributed by atoms with Crippen molar-refractivity contribution in [1.82, 2.24) is 68.0 Å². The van der Waals surface area contributed by atoms with Crippen molar-refractivity contribution in [3.05, 3.63) is 71.9 Å². The molecule has 39 nitrogen and oxygen atoms in total. The lowest BCUT2D eigenvalue weighted by Crippen LogP contribution is -2.61. The van der Waals surface area contributed by atoms with Crippen LogP contribution < -0.4 is 81.8 Å². The van der Waals surface area contributed by atoms with Gasteiger partial charge in [0.05, 0.1) is 38.8 Å². The number of benzene rings is 2. The van der Waals surface area contributed by atoms with Crippen molar-refractivity contribution >= 4 is 111 Å². The molecule has 0 aliphatic carbocycles. The summed E-state index contributed by atoms with van der Waals surface area (Å²) in [7, 11) is 0. The summed E-state index contributed by atoms with van der Waals surface area (Å²) in [5, 5.41) is 47.4. The molecule has 0 spiro atoms. The quantitative estimate of drug-likeness (QED) is 0.0184. The monoisotopic (exact) mass is 1710 g/mol. The van der Waals surface area contributed by atoms with Gasteiger partial charge in [-0.2, -0.15) is 0 Å². The van der Waals surface area contributed by atoms with Gasteiger partial charge in [0.25, 0.3) is 0 Å². The molecule has 3 saturated heterocycles. The predicted molar refractivity (Wildman–Crippen MR) is 448 cm³/mol. The van der Waals surface area contributed by atoms with E-state index in [1.54, 1.807) is 49.5 Å². The van der Waals surface area contributed by atoms with Crippen LogP contribution in [0.5, 0.6) is 0 Å². The number of unbranched alkanes of at least 4 members (excludes halogenated alkanes) is 12. The average molecular weight is 1710 g/mol. The first-order valence-corrected chi connectivity index (χ1v) is 42.6. The number of primary amides is 3. The Morgan fingerprint density at radius 3 is 1.91 bits per heavy atom. The summed E-state index contributed by atoms with van der Waals surface area (Å²) in [6.07, 6.45) is 11.4. The zero-order chi connectivity index (χ0) is 88.9. The number of nitrogens with two attached hydrogens (primary N) is 5. The third kappa shape index (κ3) is 36.1. The highest BCUT2D eigenvalue weighted by Crippen LogP contribution is 2.25. The van der Waals surface area contributed by atoms with Gasteiger partial charge in [0.2, 0.25) is 88.6 Å². The van der Waals surface area contributed by atoms with Crippen LogP contribution in [0.1, 0.15) is 204 Å². The van der Waals surface area contributed by atoms with Gasteiger partial charge in [-0.1, -0.05) is 133 Å². The van der Waals surface area contributed by atoms with Crippen LogP contribution in [0.3, 0.4) is 0 Å². The van der Waals surface area contributed by atoms with E-state index in [1.807, 2.05) is 18.2 Å². The lowest BCUT2D eigenvalue weighted by Gasteiger charge is -2.32. The van der Waals surface area contributed by atoms with Crippen LogP contribution in [0, 0.1) is 0 Å². The SMILES string of the molecule is CCCC[C@H](NC(=O)[C@@H]1CCCN1C(=O)[C@H](CC(N)=O)NC(=O)[C@H](CC(N)=O)NC(=O)COCCOCCNC(=O)CCCCCCCCCCCCCCC(=O)O)C(=O)N[C@H]1CCC(=O)NCCCC[C@@H](C(N)=O)NC(=O)[C@H](Cc2c[nH]c3ccccc23)NC(=O)[C@H](CCCN=C(N)N)NC(=O)[C@@H](Cc2ccccc2)NC(=O)[C@@H]2C[C@@H](O)CN2C1=O. The van der Waals surface area contributed by atoms with E-state index in [4.69, 9.17) is 43.2 Å². The van der Waals surface area contributed by atoms with Gasteiger partial charge in [-0.3, -0.25) is 81.7 Å². The summed E-state index contributed by atoms with van der Waals surface area (Å²) in [5.41, 5.74) is 30.1. The van der Waals surface area contributed by atoms with E-state index in [0.717, 1.165) is 97.8 Å². The molecule has 4 heterocycles. The molecule has 1 aromatic heterocycles. The van der Waals surface area contributed by atoms with E-state index in [1.165, 1.54) is 0 Å². The third-order valence-electron chi connectivity index (χ3n) is 21.4. The Balaban J connectivity index is 1.11. The molecule has 23 N–H and O–H groups in total. The summed E-state index contributed by atoms with van der Waals surface area (Å²) in [6, 6.07) is 0.576. The number of rotatable bonds is 47. The van der Waals surface area contributed by atoms with Gasteiger partial charge in [0.1, 0.15) is 67.0 Å². The Kier molecular flexibility index (Phi) is 44.1. The van der Waals surface area contributed by atoms with Gasteiger partial charge in [0.15, 0.2) is 5.96 Å². The number of carboxylic acid groups (broad SMARTS) is 1. The molecule has 122 heavy (non-hydrogen) atoms. The molecule has 0 saturated carbocycles. The molecule has 0 radical (unpaired) electrons. The smallest absolute Gasteiger partial charge is 0.303 e. The van der Waals surface area contributed by atoms with Crippen molar-refractivity contribution < 1.29 is 96.4 Å². The summed E-state index contributed by atoms with van der Waals surface area (Å²) in [5.74, 6) is -14.0. The number of para-hydroxylation sites is 1. The Bertz CT molecular complexity index is 3990. The number of amides is 15. The number of fused-ring (bicyclic) bond motifs is 2. The Labute approximate surface area is 710 Å². The van der Waals surface area contributed by atoms with Gasteiger partial charge >= 0.3 is 5.97 Å². The second-order valence-electron chi connectivity index (χ2n) is 31.3. The molecule has 2 aromatic carbocycles. The first kappa shape index (κ1) is 99.5. The lowest BCUT2D eigenvalue weighted by molar-refractivity contribution is -0.144. The van der Waals surface area contributed by atoms with E-state index in [9.17, 15) is 77.0 Å². The normalized spacial score (nSPS) is 20.4. The number of aromatic nitrogens is 1. The second-order valence-corrected chi connectivity index (χ2v) is 31.3. The predicted octanol–water partition coefficient (Wildman–Crippen LogP) is -0.960. The molecule has 39 heteroatoms. The number of nitrogens with one attached hydrogen (secondary N) is 11. The molecule has 0 bridgehead atoms. The standard InChI is InChI=1S/C83H127N19O20/c1-2-3-28-58(96-79(117)65-32-24-40-101(65)82(120)64(48-68(85)105)100-78(116)63(47-67(84)104)93-71(108)51-122-43-42-121-41-39-90-69(106)33-17-12-10-8-6-4-5-7-9-11-13-18-34-72(109)110)74(112)97-60-35-36-70(107)89-37-22-21-30-57(73(86)111)94-77(115)62(45-53-49-92-56-29-20-19-27-55(53)56)98-75(113)59(31-23-38-91-83(87)88)95-76(114)61(44-52-25-15-14-16-26-52)99-80(118)66-46-54(103)50-102(66)81(60)119/h14-16,19-20,25-27,29,49,54,57-66,92,103H,2-13,17-18,21-24,28,30-48,50-51H2,1H3,(H2,84,104)(H2,85,105)(H2,86,111)(H,89,107)(H,90,106)(H,93,108)(H,94,115)(H,95,114)(H,96,117)(H,97,112)(H,98,113)(H,99,118)(H,100,116)(H,109,110)(H4,87,88,91)/t54-,57+,58+,59+,60+,61-,62+,63+,64+,65+,66+/m1/s1. The molecule has 15 amide bonds. The number of likely N-dealkylation sites (tertiary alicyclic amines) is 1. The third-order valence-corrected chi connectivity index (χ3v) is 21.4. The van der Waals surface area contributed by atoms with Gasteiger partial charge in [-0.15, -0.1) is 0 Å². The maximum absolute atomic E-state index is 15.3. The number of guanidine groups is 1. The van der Waals surface area contributed by atoms with Crippen LogP contribution >= 0.6 is 0 Å². The summed E-state index contributed by atoms with van der Waals surface area (Å²) < 4.78 is 10.9. The van der Waals surface area contributed by atoms with E-state index in [0.29, 0.717) is 30.4 Å². The molecule has 3 aliphatic heterocycles. The minimum Gasteiger partial charge on any atom is -0.481 e. The van der Waals surface area contributed by atoms with E-state index in [2.05, 4.69) is 63.1 Å². The molecule has 3 aliphatic rings. The van der Waals surface area contributed by atoms with Gasteiger partial charge in [-0.05, 0) is 87.8 Å². The Morgan fingerprint density at radius 2 is 1.24 bits per heavy atom. The summed E-state index contributed by atoms with van der Waals surface area (Å²) in [6.45, 7) is 0.924. The maximum Gasteiger partial charge on any atom is 0.303 e. The molecular formula is C83H127N19O20. The fraction of sp³-hybridized carbons (Fsp3) is 0.627. The number of aliphatic imine (C=N–C) groups is 1. The van der Waals surface area contributed by atoms with E-state index >= 15 is 4.79 Å². The number of H-pyrrole nitrogens is 1. The number of aliphatic hydroxyl groups excluding tert-OH is 1. The van der Waals surface area contributed by atoms with Crippen LogP contribution in [0.2, 0.25) is 0 Å². The van der Waals surface area contributed by atoms with Crippen LogP contribution in [0.25, 0.3) is 10.9 Å². The molecule has 6 rings (SSSR count). The summed E-state index contributed by atoms with van der Waals surface area (Å²) in [4.78, 5) is 230. The van der Waals surface area contributed by atoms with Crippen molar-refractivity contribution in [1.29, 1.82) is 0 Å². The van der Waals surface area contributed by atoms with Gasteiger partial charge in [-0.25, -0.2) is 0 Å². The maximum atomic E-state index is 15.3. The first-order chi connectivity index (χ1) is 58.5. The highest BCUT2D eigenvalue weighted by Gasteiger charge is 2.45. The van der Waals surface area contributed by atoms with Crippen molar-refractivity contribution in [2.24, 2.45) is 33.7 Å². The topological polar surface area (TPSA) is 617 Å². The number of aliphatic carboxylic acids is 1. The van der Waals surface area contributed by atoms with Crippen LogP contribution in [-0.2, 0) is 99.0 Å². The number of aromatic amines is 1. The molecule has 11 atom stereocenters. The van der Waals surface area contributed by atoms with Crippen LogP contribution in [-0.4, -0.2) is 251 Å². The minimum absolute atomic E-state index is 0.00000522. The average Bonchev–Trinajstić information content (AvgIpc) is 1.65. The number of carbonyl (C=O) groups excluding carboxylic acids is 15. The van der Waals surface area contributed by atoms with Crippen molar-refractivity contribution in [2.45, 2.75) is 272 Å². The Morgan fingerprint density at radius 1 is 0.615 bits per heavy atom. The summed E-state index contributed by atoms with van der Waals surface area (Å²) >= 11 is 0. The van der Waals surface area contributed by atoms with Crippen LogP contribution in [0.4, 0.5) is 0 Å². The Hall–Kier alpha value is -11.4. The second kappa shape index (κ2) is 54.1. The number of hydrogen-bond donors (Lipinski definition) is 18. The van der Waals surface area contributed by atoms with Crippen molar-refractivity contribution in [3.8, 4) is 0 Å². The molecular weight excluding hydrogens is 1580 g/mol. The lowest BCUT2D eigenvalue weighted by atomic mass is 10.0. The fourth-order valence-electron chi connectivity index (χ4n) is 14.9. The van der Waals surface area contributed by atoms with E-state index in [-0.39, 0.29) is 135 Å². The number of carboxylic acids is 1. The number of hydrogen-bond acceptors (Lipinski definition) is 20. The van der Waals surface area contributed by atoms with Gasteiger partial charge in [0, 0.05) is 88.3 Å². The highest BCUT2D eigenvalue weighted by atomic mass is 16.5.